The molecule has 0 saturated heterocycles. The molecule has 2 amide bonds. The minimum atomic E-state index is -0.218. The quantitative estimate of drug-likeness (QED) is 0.774. The average Bonchev–Trinajstić information content (AvgIpc) is 2.65. The first-order valence-corrected chi connectivity index (χ1v) is 8.88. The topological polar surface area (TPSA) is 67.9 Å². The Hall–Kier alpha value is -3.02. The molecule has 2 aromatic rings. The van der Waals surface area contributed by atoms with Gasteiger partial charge in [-0.3, -0.25) is 9.59 Å². The molecule has 144 valence electrons. The highest BCUT2D eigenvalue weighted by Crippen LogP contribution is 2.28. The van der Waals surface area contributed by atoms with Crippen LogP contribution in [0.5, 0.6) is 11.5 Å². The van der Waals surface area contributed by atoms with Crippen molar-refractivity contribution in [1.82, 2.24) is 5.32 Å². The lowest BCUT2D eigenvalue weighted by molar-refractivity contribution is -0.116. The van der Waals surface area contributed by atoms with Gasteiger partial charge in [-0.2, -0.15) is 0 Å². The largest absolute Gasteiger partial charge is 0.497 e. The summed E-state index contributed by atoms with van der Waals surface area (Å²) in [5.74, 6) is 0.921. The van der Waals surface area contributed by atoms with Gasteiger partial charge in [0, 0.05) is 25.6 Å². The van der Waals surface area contributed by atoms with Crippen molar-refractivity contribution in [2.45, 2.75) is 26.9 Å². The summed E-state index contributed by atoms with van der Waals surface area (Å²) in [6, 6.07) is 14.3. The number of carbonyl (C=O) groups is 2. The second-order valence-corrected chi connectivity index (χ2v) is 6.29. The first-order valence-electron chi connectivity index (χ1n) is 8.88. The molecular weight excluding hydrogens is 344 g/mol. The Morgan fingerprint density at radius 2 is 1.85 bits per heavy atom. The van der Waals surface area contributed by atoms with Gasteiger partial charge in [0.2, 0.25) is 5.91 Å². The lowest BCUT2D eigenvalue weighted by Crippen LogP contribution is -2.37. The maximum absolute atomic E-state index is 12.3. The summed E-state index contributed by atoms with van der Waals surface area (Å²) in [5, 5.41) is 2.84. The van der Waals surface area contributed by atoms with Gasteiger partial charge in [-0.1, -0.05) is 18.2 Å². The van der Waals surface area contributed by atoms with E-state index in [9.17, 15) is 9.59 Å². The Labute approximate surface area is 160 Å². The lowest BCUT2D eigenvalue weighted by Gasteiger charge is -2.24. The molecule has 0 spiro atoms. The average molecular weight is 370 g/mol. The van der Waals surface area contributed by atoms with Crippen LogP contribution in [0.4, 0.5) is 5.69 Å². The smallest absolute Gasteiger partial charge is 0.251 e. The third kappa shape index (κ3) is 5.74. The molecule has 0 saturated carbocycles. The van der Waals surface area contributed by atoms with Crippen LogP contribution in [-0.2, 0) is 4.79 Å². The fourth-order valence-corrected chi connectivity index (χ4v) is 2.63. The molecule has 0 fully saturated rings. The summed E-state index contributed by atoms with van der Waals surface area (Å²) in [7, 11) is 1.55. The molecule has 0 aliphatic heterocycles. The Bertz CT molecular complexity index is 789. The zero-order valence-electron chi connectivity index (χ0n) is 16.2. The number of carbonyl (C=O) groups excluding carboxylic acids is 2. The van der Waals surface area contributed by atoms with E-state index < -0.39 is 0 Å². The van der Waals surface area contributed by atoms with Gasteiger partial charge in [0.15, 0.2) is 0 Å². The van der Waals surface area contributed by atoms with Gasteiger partial charge < -0.3 is 19.7 Å². The summed E-state index contributed by atoms with van der Waals surface area (Å²) in [6.07, 6.45) is -0.00674. The molecule has 0 unspecified atom stereocenters. The normalized spacial score (nSPS) is 10.4. The highest BCUT2D eigenvalue weighted by molar-refractivity contribution is 5.95. The maximum atomic E-state index is 12.3. The number of hydrogen-bond donors (Lipinski definition) is 1. The minimum absolute atomic E-state index is 0.00674. The van der Waals surface area contributed by atoms with E-state index in [0.29, 0.717) is 35.8 Å². The number of hydrogen-bond acceptors (Lipinski definition) is 4. The molecular formula is C21H26N2O4. The fourth-order valence-electron chi connectivity index (χ4n) is 2.63. The van der Waals surface area contributed by atoms with Crippen LogP contribution < -0.4 is 19.7 Å². The summed E-state index contributed by atoms with van der Waals surface area (Å²) < 4.78 is 10.9. The Kier molecular flexibility index (Phi) is 7.23. The number of para-hydroxylation sites is 2. The Balaban J connectivity index is 2.05. The van der Waals surface area contributed by atoms with Gasteiger partial charge in [0.05, 0.1) is 18.9 Å². The van der Waals surface area contributed by atoms with E-state index in [2.05, 4.69) is 5.32 Å². The van der Waals surface area contributed by atoms with Gasteiger partial charge in [-0.25, -0.2) is 0 Å². The van der Waals surface area contributed by atoms with Crippen LogP contribution in [0.25, 0.3) is 0 Å². The van der Waals surface area contributed by atoms with Crippen molar-refractivity contribution in [2.75, 3.05) is 25.1 Å². The second-order valence-electron chi connectivity index (χ2n) is 6.29. The predicted octanol–water partition coefficient (Wildman–Crippen LogP) is 3.27. The number of benzene rings is 2. The minimum Gasteiger partial charge on any atom is -0.497 e. The second kappa shape index (κ2) is 9.62. The van der Waals surface area contributed by atoms with Crippen LogP contribution in [0, 0.1) is 0 Å². The van der Waals surface area contributed by atoms with E-state index in [1.54, 1.807) is 36.3 Å². The molecule has 0 atom stereocenters. The van der Waals surface area contributed by atoms with E-state index in [4.69, 9.17) is 9.47 Å². The van der Waals surface area contributed by atoms with Crippen LogP contribution in [0.2, 0.25) is 0 Å². The molecule has 1 N–H and O–H groups in total. The molecule has 2 rings (SSSR count). The summed E-state index contributed by atoms with van der Waals surface area (Å²) in [5.41, 5.74) is 1.20. The van der Waals surface area contributed by atoms with E-state index >= 15 is 0 Å². The van der Waals surface area contributed by atoms with Crippen molar-refractivity contribution in [3.63, 3.8) is 0 Å². The van der Waals surface area contributed by atoms with Crippen LogP contribution in [0.1, 0.15) is 31.1 Å². The van der Waals surface area contributed by atoms with Crippen molar-refractivity contribution in [1.29, 1.82) is 0 Å². The molecule has 6 nitrogen and oxygen atoms in total. The van der Waals surface area contributed by atoms with Crippen molar-refractivity contribution in [2.24, 2.45) is 0 Å². The van der Waals surface area contributed by atoms with Gasteiger partial charge in [-0.15, -0.1) is 0 Å². The standard InChI is InChI=1S/C21H26N2O4/c1-15(2)27-20-11-6-5-10-19(20)23(16(3)24)13-12-22-21(25)17-8-7-9-18(14-17)26-4/h5-11,14-15H,12-13H2,1-4H3,(H,22,25). The van der Waals surface area contributed by atoms with Crippen molar-refractivity contribution >= 4 is 17.5 Å². The number of ether oxygens (including phenoxy) is 2. The van der Waals surface area contributed by atoms with Gasteiger partial charge in [0.1, 0.15) is 11.5 Å². The van der Waals surface area contributed by atoms with Gasteiger partial charge in [-0.05, 0) is 44.2 Å². The number of amides is 2. The molecule has 6 heteroatoms. The molecule has 0 radical (unpaired) electrons. The van der Waals surface area contributed by atoms with Crippen LogP contribution in [0.15, 0.2) is 48.5 Å². The van der Waals surface area contributed by atoms with Crippen molar-refractivity contribution in [3.05, 3.63) is 54.1 Å². The van der Waals surface area contributed by atoms with Crippen LogP contribution in [0.3, 0.4) is 0 Å². The SMILES string of the molecule is COc1cccc(C(=O)NCCN(C(C)=O)c2ccccc2OC(C)C)c1. The third-order valence-electron chi connectivity index (χ3n) is 3.85. The molecule has 2 aromatic carbocycles. The number of nitrogens with zero attached hydrogens (tertiary/aromatic N) is 1. The first kappa shape index (κ1) is 20.3. The maximum Gasteiger partial charge on any atom is 0.251 e. The number of methoxy groups -OCH3 is 1. The zero-order valence-corrected chi connectivity index (χ0v) is 16.2. The fraction of sp³-hybridized carbons (Fsp3) is 0.333. The molecule has 0 aliphatic rings. The molecule has 0 aromatic heterocycles. The monoisotopic (exact) mass is 370 g/mol. The molecule has 0 aliphatic carbocycles. The van der Waals surface area contributed by atoms with Gasteiger partial charge in [0.25, 0.3) is 5.91 Å². The third-order valence-corrected chi connectivity index (χ3v) is 3.85. The van der Waals surface area contributed by atoms with E-state index in [-0.39, 0.29) is 17.9 Å². The predicted molar refractivity (Wildman–Crippen MR) is 106 cm³/mol. The Morgan fingerprint density at radius 3 is 2.52 bits per heavy atom. The Morgan fingerprint density at radius 1 is 1.11 bits per heavy atom. The molecule has 0 bridgehead atoms. The van der Waals surface area contributed by atoms with Crippen LogP contribution >= 0.6 is 0 Å². The zero-order chi connectivity index (χ0) is 19.8. The highest BCUT2D eigenvalue weighted by atomic mass is 16.5. The van der Waals surface area contributed by atoms with Gasteiger partial charge >= 0.3 is 0 Å². The summed E-state index contributed by atoms with van der Waals surface area (Å²) in [4.78, 5) is 26.1. The highest BCUT2D eigenvalue weighted by Gasteiger charge is 2.17. The molecule has 0 heterocycles. The first-order chi connectivity index (χ1) is 12.9. The van der Waals surface area contributed by atoms with E-state index in [0.717, 1.165) is 0 Å². The summed E-state index contributed by atoms with van der Waals surface area (Å²) >= 11 is 0. The number of nitrogens with one attached hydrogen (secondary N) is 1. The van der Waals surface area contributed by atoms with E-state index in [1.165, 1.54) is 6.92 Å². The van der Waals surface area contributed by atoms with Crippen molar-refractivity contribution in [3.8, 4) is 11.5 Å². The van der Waals surface area contributed by atoms with E-state index in [1.807, 2.05) is 38.1 Å². The lowest BCUT2D eigenvalue weighted by atomic mass is 10.2. The summed E-state index contributed by atoms with van der Waals surface area (Å²) in [6.45, 7) is 6.01. The van der Waals surface area contributed by atoms with Crippen LogP contribution in [-0.4, -0.2) is 38.1 Å². The number of rotatable bonds is 8. The number of anilines is 1. The molecule has 27 heavy (non-hydrogen) atoms. The van der Waals surface area contributed by atoms with Crippen molar-refractivity contribution < 1.29 is 19.1 Å².